The van der Waals surface area contributed by atoms with E-state index in [0.717, 1.165) is 13.0 Å². The lowest BCUT2D eigenvalue weighted by Crippen LogP contribution is -2.26. The van der Waals surface area contributed by atoms with Crippen LogP contribution in [0.4, 0.5) is 0 Å². The zero-order chi connectivity index (χ0) is 8.27. The number of rotatable bonds is 3. The minimum Gasteiger partial charge on any atom is -0.314 e. The van der Waals surface area contributed by atoms with E-state index in [2.05, 4.69) is 5.32 Å². The van der Waals surface area contributed by atoms with Crippen molar-refractivity contribution in [2.45, 2.75) is 39.2 Å². The fraction of sp³-hybridized carbons (Fsp3) is 0.889. The van der Waals surface area contributed by atoms with E-state index in [1.807, 2.05) is 13.8 Å². The molecule has 2 nitrogen and oxygen atoms in total. The van der Waals surface area contributed by atoms with Crippen LogP contribution in [0.3, 0.4) is 0 Å². The van der Waals surface area contributed by atoms with Crippen molar-refractivity contribution in [3.63, 3.8) is 0 Å². The lowest BCUT2D eigenvalue weighted by atomic mass is 10.0. The molecule has 1 fully saturated rings. The van der Waals surface area contributed by atoms with Crippen molar-refractivity contribution in [2.75, 3.05) is 6.54 Å². The zero-order valence-corrected chi connectivity index (χ0v) is 7.39. The second-order valence-electron chi connectivity index (χ2n) is 3.62. The monoisotopic (exact) mass is 155 g/mol. The van der Waals surface area contributed by atoms with E-state index in [-0.39, 0.29) is 5.92 Å². The van der Waals surface area contributed by atoms with E-state index in [4.69, 9.17) is 0 Å². The van der Waals surface area contributed by atoms with Gasteiger partial charge in [-0.1, -0.05) is 13.8 Å². The van der Waals surface area contributed by atoms with Crippen LogP contribution in [0.25, 0.3) is 0 Å². The third-order valence-electron chi connectivity index (χ3n) is 2.25. The Labute approximate surface area is 68.4 Å². The van der Waals surface area contributed by atoms with Gasteiger partial charge in [-0.05, 0) is 19.4 Å². The fourth-order valence-electron chi connectivity index (χ4n) is 1.41. The van der Waals surface area contributed by atoms with Crippen molar-refractivity contribution >= 4 is 5.78 Å². The van der Waals surface area contributed by atoms with Gasteiger partial charge in [0.25, 0.3) is 0 Å². The maximum atomic E-state index is 11.3. The van der Waals surface area contributed by atoms with E-state index < -0.39 is 0 Å². The van der Waals surface area contributed by atoms with Gasteiger partial charge in [-0.25, -0.2) is 0 Å². The smallest absolute Gasteiger partial charge is 0.136 e. The van der Waals surface area contributed by atoms with Gasteiger partial charge in [-0.2, -0.15) is 0 Å². The molecular weight excluding hydrogens is 138 g/mol. The summed E-state index contributed by atoms with van der Waals surface area (Å²) in [4.78, 5) is 11.3. The van der Waals surface area contributed by atoms with Crippen molar-refractivity contribution in [3.8, 4) is 0 Å². The number of nitrogens with one attached hydrogen (secondary N) is 1. The van der Waals surface area contributed by atoms with Crippen LogP contribution < -0.4 is 5.32 Å². The molecule has 1 aliphatic heterocycles. The van der Waals surface area contributed by atoms with Gasteiger partial charge in [0, 0.05) is 18.4 Å². The highest BCUT2D eigenvalue weighted by Crippen LogP contribution is 2.11. The Morgan fingerprint density at radius 3 is 2.82 bits per heavy atom. The van der Waals surface area contributed by atoms with Crippen molar-refractivity contribution in [1.82, 2.24) is 5.32 Å². The summed E-state index contributed by atoms with van der Waals surface area (Å²) in [5.74, 6) is 0.599. The zero-order valence-electron chi connectivity index (χ0n) is 7.39. The first kappa shape index (κ1) is 8.72. The Morgan fingerprint density at radius 2 is 2.36 bits per heavy atom. The van der Waals surface area contributed by atoms with E-state index in [1.165, 1.54) is 12.8 Å². The molecule has 0 saturated carbocycles. The number of carbonyl (C=O) groups is 1. The number of carbonyl (C=O) groups excluding carboxylic acids is 1. The molecule has 1 saturated heterocycles. The molecule has 0 aliphatic carbocycles. The Hall–Kier alpha value is -0.370. The lowest BCUT2D eigenvalue weighted by molar-refractivity contribution is -0.122. The number of hydrogen-bond donors (Lipinski definition) is 1. The minimum absolute atomic E-state index is 0.206. The standard InChI is InChI=1S/C9H17NO/c1-7(2)9(11)6-8-4-3-5-10-8/h7-8,10H,3-6H2,1-2H3/t8-/m0/s1. The summed E-state index contributed by atoms with van der Waals surface area (Å²) in [6.45, 7) is 5.03. The summed E-state index contributed by atoms with van der Waals surface area (Å²) >= 11 is 0. The molecule has 0 amide bonds. The van der Waals surface area contributed by atoms with E-state index in [0.29, 0.717) is 11.8 Å². The molecule has 1 aliphatic rings. The number of ketones is 1. The maximum absolute atomic E-state index is 11.3. The maximum Gasteiger partial charge on any atom is 0.136 e. The highest BCUT2D eigenvalue weighted by atomic mass is 16.1. The normalized spacial score (nSPS) is 24.5. The van der Waals surface area contributed by atoms with Gasteiger partial charge in [0.1, 0.15) is 5.78 Å². The molecular formula is C9H17NO. The van der Waals surface area contributed by atoms with Crippen LogP contribution in [-0.2, 0) is 4.79 Å². The fourth-order valence-corrected chi connectivity index (χ4v) is 1.41. The molecule has 0 radical (unpaired) electrons. The molecule has 64 valence electrons. The van der Waals surface area contributed by atoms with Crippen LogP contribution in [0, 0.1) is 5.92 Å². The Morgan fingerprint density at radius 1 is 1.64 bits per heavy atom. The van der Waals surface area contributed by atoms with Gasteiger partial charge in [0.2, 0.25) is 0 Å². The average molecular weight is 155 g/mol. The van der Waals surface area contributed by atoms with Crippen molar-refractivity contribution in [3.05, 3.63) is 0 Å². The summed E-state index contributed by atoms with van der Waals surface area (Å²) in [6.07, 6.45) is 3.15. The summed E-state index contributed by atoms with van der Waals surface area (Å²) in [6, 6.07) is 0.477. The number of Topliss-reactive ketones (excluding diaryl/α,β-unsaturated/α-hetero) is 1. The van der Waals surface area contributed by atoms with E-state index in [9.17, 15) is 4.79 Å². The second-order valence-corrected chi connectivity index (χ2v) is 3.62. The van der Waals surface area contributed by atoms with Crippen molar-refractivity contribution in [2.24, 2.45) is 5.92 Å². The van der Waals surface area contributed by atoms with Crippen molar-refractivity contribution in [1.29, 1.82) is 0 Å². The highest BCUT2D eigenvalue weighted by Gasteiger charge is 2.18. The molecule has 0 bridgehead atoms. The third-order valence-corrected chi connectivity index (χ3v) is 2.25. The van der Waals surface area contributed by atoms with Gasteiger partial charge in [-0.15, -0.1) is 0 Å². The van der Waals surface area contributed by atoms with E-state index in [1.54, 1.807) is 0 Å². The Kier molecular flexibility index (Phi) is 3.06. The first-order valence-corrected chi connectivity index (χ1v) is 4.46. The molecule has 0 aromatic carbocycles. The summed E-state index contributed by atoms with van der Waals surface area (Å²) in [5, 5.41) is 3.32. The average Bonchev–Trinajstić information content (AvgIpc) is 2.39. The predicted molar refractivity (Wildman–Crippen MR) is 45.5 cm³/mol. The molecule has 1 heterocycles. The van der Waals surface area contributed by atoms with Gasteiger partial charge in [-0.3, -0.25) is 4.79 Å². The van der Waals surface area contributed by atoms with Crippen LogP contribution >= 0.6 is 0 Å². The first-order chi connectivity index (χ1) is 5.20. The Balaban J connectivity index is 2.24. The molecule has 0 aromatic heterocycles. The van der Waals surface area contributed by atoms with Crippen LogP contribution in [-0.4, -0.2) is 18.4 Å². The predicted octanol–water partition coefficient (Wildman–Crippen LogP) is 1.35. The SMILES string of the molecule is CC(C)C(=O)C[C@@H]1CCCN1. The van der Waals surface area contributed by atoms with Crippen LogP contribution in [0.5, 0.6) is 0 Å². The molecule has 2 heteroatoms. The Bertz CT molecular complexity index is 136. The molecule has 11 heavy (non-hydrogen) atoms. The molecule has 0 spiro atoms. The molecule has 1 N–H and O–H groups in total. The lowest BCUT2D eigenvalue weighted by Gasteiger charge is -2.10. The first-order valence-electron chi connectivity index (χ1n) is 4.46. The summed E-state index contributed by atoms with van der Waals surface area (Å²) in [5.41, 5.74) is 0. The van der Waals surface area contributed by atoms with Crippen LogP contribution in [0.2, 0.25) is 0 Å². The minimum atomic E-state index is 0.206. The largest absolute Gasteiger partial charge is 0.314 e. The summed E-state index contributed by atoms with van der Waals surface area (Å²) in [7, 11) is 0. The van der Waals surface area contributed by atoms with Gasteiger partial charge in [0.15, 0.2) is 0 Å². The molecule has 0 unspecified atom stereocenters. The topological polar surface area (TPSA) is 29.1 Å². The quantitative estimate of drug-likeness (QED) is 0.666. The second kappa shape index (κ2) is 3.86. The van der Waals surface area contributed by atoms with Crippen LogP contribution in [0.15, 0.2) is 0 Å². The number of hydrogen-bond acceptors (Lipinski definition) is 2. The van der Waals surface area contributed by atoms with Crippen LogP contribution in [0.1, 0.15) is 33.1 Å². The van der Waals surface area contributed by atoms with Gasteiger partial charge < -0.3 is 5.32 Å². The molecule has 0 aromatic rings. The van der Waals surface area contributed by atoms with E-state index >= 15 is 0 Å². The van der Waals surface area contributed by atoms with Gasteiger partial charge >= 0.3 is 0 Å². The van der Waals surface area contributed by atoms with Gasteiger partial charge in [0.05, 0.1) is 0 Å². The third kappa shape index (κ3) is 2.62. The summed E-state index contributed by atoms with van der Waals surface area (Å²) < 4.78 is 0. The molecule has 1 atom stereocenters. The molecule has 1 rings (SSSR count). The highest BCUT2D eigenvalue weighted by molar-refractivity contribution is 5.80. The van der Waals surface area contributed by atoms with Crippen molar-refractivity contribution < 1.29 is 4.79 Å².